The minimum absolute atomic E-state index is 0.424. The number of fused-ring (bicyclic) bond motifs is 3. The molecular formula is C12H7ClN2O. The number of benzene rings is 1. The lowest BCUT2D eigenvalue weighted by Crippen LogP contribution is -1.84. The number of halogens is 1. The maximum atomic E-state index is 10.7. The first kappa shape index (κ1) is 9.36. The molecular weight excluding hydrogens is 224 g/mol. The fraction of sp³-hybridized carbons (Fsp3) is 0. The van der Waals surface area contributed by atoms with E-state index in [1.54, 1.807) is 6.20 Å². The Hall–Kier alpha value is -1.87. The molecule has 0 fully saturated rings. The predicted molar refractivity (Wildman–Crippen MR) is 63.1 cm³/mol. The average molecular weight is 231 g/mol. The molecule has 0 unspecified atom stereocenters. The molecule has 0 aliphatic heterocycles. The Kier molecular flexibility index (Phi) is 1.94. The van der Waals surface area contributed by atoms with E-state index in [2.05, 4.69) is 4.98 Å². The Morgan fingerprint density at radius 1 is 1.31 bits per heavy atom. The predicted octanol–water partition coefficient (Wildman–Crippen LogP) is 2.95. The van der Waals surface area contributed by atoms with Gasteiger partial charge in [-0.1, -0.05) is 17.7 Å². The molecule has 1 aromatic carbocycles. The molecule has 16 heavy (non-hydrogen) atoms. The minimum Gasteiger partial charge on any atom is -0.306 e. The molecule has 3 nitrogen and oxygen atoms in total. The van der Waals surface area contributed by atoms with Crippen LogP contribution in [0.15, 0.2) is 36.7 Å². The van der Waals surface area contributed by atoms with Gasteiger partial charge in [0.25, 0.3) is 0 Å². The van der Waals surface area contributed by atoms with Gasteiger partial charge in [-0.25, -0.2) is 4.98 Å². The quantitative estimate of drug-likeness (QED) is 0.603. The summed E-state index contributed by atoms with van der Waals surface area (Å²) in [4.78, 5) is 14.9. The third-order valence-corrected chi connectivity index (χ3v) is 2.78. The van der Waals surface area contributed by atoms with E-state index in [0.29, 0.717) is 10.7 Å². The highest BCUT2D eigenvalue weighted by atomic mass is 35.5. The molecule has 0 spiro atoms. The summed E-state index contributed by atoms with van der Waals surface area (Å²) in [5.41, 5.74) is 1.18. The monoisotopic (exact) mass is 230 g/mol. The van der Waals surface area contributed by atoms with Crippen LogP contribution in [0.2, 0.25) is 5.02 Å². The number of carbonyl (C=O) groups is 1. The molecule has 0 N–H and O–H groups in total. The van der Waals surface area contributed by atoms with Gasteiger partial charge in [-0.05, 0) is 23.6 Å². The summed E-state index contributed by atoms with van der Waals surface area (Å²) in [6.07, 6.45) is 4.32. The van der Waals surface area contributed by atoms with Crippen molar-refractivity contribution >= 4 is 34.3 Å². The second-order valence-electron chi connectivity index (χ2n) is 3.56. The Bertz CT molecular complexity index is 703. The van der Waals surface area contributed by atoms with Crippen molar-refractivity contribution in [3.8, 4) is 0 Å². The topological polar surface area (TPSA) is 34.4 Å². The number of aldehydes is 1. The summed E-state index contributed by atoms with van der Waals surface area (Å²) in [5, 5.41) is 2.67. The van der Waals surface area contributed by atoms with Crippen molar-refractivity contribution < 1.29 is 4.79 Å². The van der Waals surface area contributed by atoms with E-state index in [1.165, 1.54) is 0 Å². The number of imidazole rings is 1. The first-order valence-electron chi connectivity index (χ1n) is 4.80. The van der Waals surface area contributed by atoms with Gasteiger partial charge in [0, 0.05) is 22.8 Å². The van der Waals surface area contributed by atoms with E-state index in [1.807, 2.05) is 34.9 Å². The second kappa shape index (κ2) is 3.32. The van der Waals surface area contributed by atoms with Crippen LogP contribution in [0.5, 0.6) is 0 Å². The van der Waals surface area contributed by atoms with Gasteiger partial charge < -0.3 is 4.40 Å². The zero-order chi connectivity index (χ0) is 11.1. The molecule has 0 atom stereocenters. The highest BCUT2D eigenvalue weighted by Crippen LogP contribution is 2.23. The number of rotatable bonds is 1. The molecule has 0 radical (unpaired) electrons. The van der Waals surface area contributed by atoms with Gasteiger partial charge in [-0.15, -0.1) is 0 Å². The number of carbonyl (C=O) groups excluding carboxylic acids is 1. The summed E-state index contributed by atoms with van der Waals surface area (Å²) in [6, 6.07) is 7.60. The molecule has 0 saturated heterocycles. The normalized spacial score (nSPS) is 11.1. The lowest BCUT2D eigenvalue weighted by atomic mass is 10.2. The molecule has 0 amide bonds. The van der Waals surface area contributed by atoms with E-state index >= 15 is 0 Å². The summed E-state index contributed by atoms with van der Waals surface area (Å²) in [6.45, 7) is 0. The maximum absolute atomic E-state index is 10.7. The molecule has 78 valence electrons. The van der Waals surface area contributed by atoms with Crippen LogP contribution in [0.25, 0.3) is 16.4 Å². The van der Waals surface area contributed by atoms with Gasteiger partial charge >= 0.3 is 0 Å². The Labute approximate surface area is 96.3 Å². The van der Waals surface area contributed by atoms with Crippen LogP contribution in [-0.2, 0) is 0 Å². The van der Waals surface area contributed by atoms with E-state index in [0.717, 1.165) is 22.7 Å². The van der Waals surface area contributed by atoms with Crippen LogP contribution in [0.3, 0.4) is 0 Å². The smallest absolute Gasteiger partial charge is 0.170 e. The largest absolute Gasteiger partial charge is 0.306 e. The number of pyridine rings is 1. The van der Waals surface area contributed by atoms with Gasteiger partial charge in [0.1, 0.15) is 11.3 Å². The highest BCUT2D eigenvalue weighted by Gasteiger charge is 2.05. The number of hydrogen-bond donors (Lipinski definition) is 0. The molecule has 2 aromatic heterocycles. The molecule has 0 aliphatic carbocycles. The van der Waals surface area contributed by atoms with Gasteiger partial charge in [0.15, 0.2) is 6.29 Å². The lowest BCUT2D eigenvalue weighted by molar-refractivity contribution is 0.111. The van der Waals surface area contributed by atoms with Gasteiger partial charge in [0.2, 0.25) is 0 Å². The first-order valence-corrected chi connectivity index (χ1v) is 5.18. The second-order valence-corrected chi connectivity index (χ2v) is 4.00. The first-order chi connectivity index (χ1) is 7.78. The van der Waals surface area contributed by atoms with Crippen molar-refractivity contribution in [3.63, 3.8) is 0 Å². The number of nitrogens with zero attached hydrogens (tertiary/aromatic N) is 2. The van der Waals surface area contributed by atoms with E-state index < -0.39 is 0 Å². The van der Waals surface area contributed by atoms with Crippen LogP contribution in [-0.4, -0.2) is 15.7 Å². The van der Waals surface area contributed by atoms with Gasteiger partial charge in [0.05, 0.1) is 0 Å². The van der Waals surface area contributed by atoms with Crippen molar-refractivity contribution in [1.29, 1.82) is 0 Å². The fourth-order valence-corrected chi connectivity index (χ4v) is 1.98. The summed E-state index contributed by atoms with van der Waals surface area (Å²) in [5.74, 6) is 0. The third-order valence-electron chi connectivity index (χ3n) is 2.54. The zero-order valence-electron chi connectivity index (χ0n) is 8.22. The Morgan fingerprint density at radius 2 is 2.19 bits per heavy atom. The van der Waals surface area contributed by atoms with Crippen LogP contribution in [0.1, 0.15) is 10.5 Å². The van der Waals surface area contributed by atoms with Crippen molar-refractivity contribution in [2.24, 2.45) is 0 Å². The van der Waals surface area contributed by atoms with Gasteiger partial charge in [-0.2, -0.15) is 0 Å². The minimum atomic E-state index is 0.424. The van der Waals surface area contributed by atoms with Crippen molar-refractivity contribution in [2.75, 3.05) is 0 Å². The Morgan fingerprint density at radius 3 is 3.00 bits per heavy atom. The van der Waals surface area contributed by atoms with Gasteiger partial charge in [-0.3, -0.25) is 4.79 Å². The van der Waals surface area contributed by atoms with Crippen molar-refractivity contribution in [2.45, 2.75) is 0 Å². The van der Waals surface area contributed by atoms with E-state index in [9.17, 15) is 4.79 Å². The number of aromatic nitrogens is 2. The van der Waals surface area contributed by atoms with Crippen LogP contribution < -0.4 is 0 Å². The standard InChI is InChI=1S/C12H7ClN2O/c13-9-2-1-8-3-4-15-6-10(7-16)14-12(15)11(8)5-9/h1-7H. The third kappa shape index (κ3) is 1.29. The SMILES string of the molecule is O=Cc1cn2ccc3ccc(Cl)cc3c2n1. The summed E-state index contributed by atoms with van der Waals surface area (Å²) in [7, 11) is 0. The molecule has 2 heterocycles. The van der Waals surface area contributed by atoms with Crippen LogP contribution in [0, 0.1) is 0 Å². The Balaban J connectivity index is 2.50. The molecule has 3 rings (SSSR count). The molecule has 3 aromatic rings. The van der Waals surface area contributed by atoms with Crippen LogP contribution in [0.4, 0.5) is 0 Å². The summed E-state index contributed by atoms with van der Waals surface area (Å²) >= 11 is 5.95. The molecule has 0 aliphatic rings. The average Bonchev–Trinajstić information content (AvgIpc) is 2.72. The highest BCUT2D eigenvalue weighted by molar-refractivity contribution is 6.31. The molecule has 0 bridgehead atoms. The lowest BCUT2D eigenvalue weighted by Gasteiger charge is -2.00. The maximum Gasteiger partial charge on any atom is 0.170 e. The van der Waals surface area contributed by atoms with Crippen molar-refractivity contribution in [1.82, 2.24) is 9.38 Å². The van der Waals surface area contributed by atoms with E-state index in [4.69, 9.17) is 11.6 Å². The van der Waals surface area contributed by atoms with Crippen molar-refractivity contribution in [3.05, 3.63) is 47.4 Å². The zero-order valence-corrected chi connectivity index (χ0v) is 8.98. The van der Waals surface area contributed by atoms with E-state index in [-0.39, 0.29) is 0 Å². The molecule has 0 saturated carbocycles. The number of hydrogen-bond acceptors (Lipinski definition) is 2. The molecule has 4 heteroatoms. The van der Waals surface area contributed by atoms with Crippen LogP contribution >= 0.6 is 11.6 Å². The summed E-state index contributed by atoms with van der Waals surface area (Å²) < 4.78 is 1.82. The fourth-order valence-electron chi connectivity index (χ4n) is 1.81.